The summed E-state index contributed by atoms with van der Waals surface area (Å²) in [7, 11) is 0. The summed E-state index contributed by atoms with van der Waals surface area (Å²) in [6.45, 7) is 3.53. The molecule has 0 aliphatic heterocycles. The third-order valence-corrected chi connectivity index (χ3v) is 4.99. The summed E-state index contributed by atoms with van der Waals surface area (Å²) >= 11 is 0. The minimum atomic E-state index is -0.259. The third kappa shape index (κ3) is 4.63. The van der Waals surface area contributed by atoms with Crippen LogP contribution in [0.5, 0.6) is 0 Å². The van der Waals surface area contributed by atoms with Gasteiger partial charge in [-0.05, 0) is 38.1 Å². The molecule has 5 N–H and O–H groups in total. The SMILES string of the molecule is Cc1[nH]n(-c2ccccc2)c(=O)c1/C=N/N=C(\N)N/N=C/c1c(C)[nH]n(-c2ccccc2)c1=O. The Hall–Kier alpha value is -4.93. The van der Waals surface area contributed by atoms with Crippen LogP contribution in [0.25, 0.3) is 11.4 Å². The molecule has 34 heavy (non-hydrogen) atoms. The molecule has 0 saturated heterocycles. The van der Waals surface area contributed by atoms with Crippen LogP contribution in [-0.2, 0) is 0 Å². The van der Waals surface area contributed by atoms with Crippen molar-refractivity contribution >= 4 is 18.4 Å². The Labute approximate surface area is 193 Å². The lowest BCUT2D eigenvalue weighted by atomic mass is 10.3. The van der Waals surface area contributed by atoms with Gasteiger partial charge in [0.1, 0.15) is 0 Å². The first kappa shape index (κ1) is 22.3. The highest BCUT2D eigenvalue weighted by Crippen LogP contribution is 2.06. The van der Waals surface area contributed by atoms with E-state index in [-0.39, 0.29) is 17.1 Å². The van der Waals surface area contributed by atoms with E-state index in [0.717, 1.165) is 0 Å². The molecule has 0 spiro atoms. The Morgan fingerprint density at radius 1 is 0.824 bits per heavy atom. The monoisotopic (exact) mass is 457 g/mol. The van der Waals surface area contributed by atoms with Crippen LogP contribution >= 0.6 is 0 Å². The molecule has 0 aliphatic carbocycles. The van der Waals surface area contributed by atoms with Gasteiger partial charge >= 0.3 is 0 Å². The van der Waals surface area contributed by atoms with E-state index in [1.165, 1.54) is 21.8 Å². The van der Waals surface area contributed by atoms with Crippen molar-refractivity contribution in [3.63, 3.8) is 0 Å². The fraction of sp³-hybridized carbons (Fsp3) is 0.0870. The van der Waals surface area contributed by atoms with E-state index >= 15 is 0 Å². The minimum Gasteiger partial charge on any atom is -0.367 e. The summed E-state index contributed by atoms with van der Waals surface area (Å²) in [5.41, 5.74) is 11.2. The second kappa shape index (κ2) is 9.69. The van der Waals surface area contributed by atoms with E-state index in [9.17, 15) is 9.59 Å². The number of nitrogens with one attached hydrogen (secondary N) is 3. The number of nitrogens with zero attached hydrogens (tertiary/aromatic N) is 5. The smallest absolute Gasteiger partial charge is 0.280 e. The fourth-order valence-electron chi connectivity index (χ4n) is 3.28. The number of aromatic nitrogens is 4. The zero-order valence-corrected chi connectivity index (χ0v) is 18.6. The number of aromatic amines is 2. The summed E-state index contributed by atoms with van der Waals surface area (Å²) in [5, 5.41) is 17.6. The molecular formula is C23H23N9O2. The highest BCUT2D eigenvalue weighted by molar-refractivity contribution is 5.85. The summed E-state index contributed by atoms with van der Waals surface area (Å²) in [4.78, 5) is 25.3. The molecule has 0 fully saturated rings. The van der Waals surface area contributed by atoms with E-state index in [1.807, 2.05) is 60.7 Å². The number of benzene rings is 2. The Morgan fingerprint density at radius 2 is 1.29 bits per heavy atom. The Kier molecular flexibility index (Phi) is 6.35. The average Bonchev–Trinajstić information content (AvgIpc) is 3.30. The molecule has 0 amide bonds. The van der Waals surface area contributed by atoms with Crippen LogP contribution in [0.4, 0.5) is 0 Å². The van der Waals surface area contributed by atoms with Crippen LogP contribution in [-0.4, -0.2) is 37.9 Å². The van der Waals surface area contributed by atoms with E-state index in [0.29, 0.717) is 33.9 Å². The molecule has 11 heteroatoms. The zero-order valence-electron chi connectivity index (χ0n) is 18.6. The van der Waals surface area contributed by atoms with E-state index < -0.39 is 0 Å². The maximum Gasteiger partial charge on any atom is 0.280 e. The molecule has 0 aliphatic rings. The quantitative estimate of drug-likeness (QED) is 0.197. The normalized spacial score (nSPS) is 12.1. The van der Waals surface area contributed by atoms with Crippen molar-refractivity contribution in [2.24, 2.45) is 21.0 Å². The molecule has 11 nitrogen and oxygen atoms in total. The van der Waals surface area contributed by atoms with Crippen molar-refractivity contribution in [2.45, 2.75) is 13.8 Å². The number of para-hydroxylation sites is 2. The molecule has 0 radical (unpaired) electrons. The second-order valence-corrected chi connectivity index (χ2v) is 7.35. The molecule has 4 aromatic rings. The minimum absolute atomic E-state index is 0.111. The number of hydrogen-bond donors (Lipinski definition) is 4. The van der Waals surface area contributed by atoms with Crippen LogP contribution in [0.2, 0.25) is 0 Å². The van der Waals surface area contributed by atoms with Gasteiger partial charge in [0.2, 0.25) is 5.96 Å². The van der Waals surface area contributed by atoms with Gasteiger partial charge in [-0.3, -0.25) is 19.8 Å². The van der Waals surface area contributed by atoms with Gasteiger partial charge < -0.3 is 5.73 Å². The predicted molar refractivity (Wildman–Crippen MR) is 132 cm³/mol. The molecule has 172 valence electrons. The first-order valence-corrected chi connectivity index (χ1v) is 10.4. The molecule has 0 bridgehead atoms. The molecular weight excluding hydrogens is 434 g/mol. The summed E-state index contributed by atoms with van der Waals surface area (Å²) in [5.74, 6) is -0.111. The van der Waals surface area contributed by atoms with Crippen LogP contribution in [0.1, 0.15) is 22.5 Å². The maximum absolute atomic E-state index is 12.7. The number of hydrazone groups is 1. The van der Waals surface area contributed by atoms with Gasteiger partial charge in [-0.2, -0.15) is 10.2 Å². The van der Waals surface area contributed by atoms with Crippen LogP contribution in [0.3, 0.4) is 0 Å². The highest BCUT2D eigenvalue weighted by atomic mass is 16.1. The number of guanidine groups is 1. The molecule has 0 saturated carbocycles. The van der Waals surface area contributed by atoms with Gasteiger partial charge in [0.25, 0.3) is 11.1 Å². The van der Waals surface area contributed by atoms with Crippen molar-refractivity contribution in [3.8, 4) is 11.4 Å². The zero-order chi connectivity index (χ0) is 24.1. The molecule has 2 aromatic carbocycles. The molecule has 0 unspecified atom stereocenters. The van der Waals surface area contributed by atoms with Gasteiger partial charge in [-0.25, -0.2) is 14.8 Å². The summed E-state index contributed by atoms with van der Waals surface area (Å²) < 4.78 is 2.85. The van der Waals surface area contributed by atoms with E-state index in [4.69, 9.17) is 5.73 Å². The first-order valence-electron chi connectivity index (χ1n) is 10.4. The van der Waals surface area contributed by atoms with E-state index in [2.05, 4.69) is 30.9 Å². The number of rotatable bonds is 6. The molecule has 2 aromatic heterocycles. The van der Waals surface area contributed by atoms with Gasteiger partial charge in [0.15, 0.2) is 0 Å². The Balaban J connectivity index is 1.45. The van der Waals surface area contributed by atoms with Gasteiger partial charge in [0, 0.05) is 11.4 Å². The van der Waals surface area contributed by atoms with Crippen molar-refractivity contribution in [2.75, 3.05) is 0 Å². The van der Waals surface area contributed by atoms with Gasteiger partial charge in [-0.1, -0.05) is 36.4 Å². The first-order chi connectivity index (χ1) is 16.5. The highest BCUT2D eigenvalue weighted by Gasteiger charge is 2.11. The Bertz CT molecular complexity index is 1490. The third-order valence-electron chi connectivity index (χ3n) is 4.99. The fourth-order valence-corrected chi connectivity index (χ4v) is 3.28. The molecule has 2 heterocycles. The van der Waals surface area contributed by atoms with Crippen molar-refractivity contribution in [1.82, 2.24) is 25.0 Å². The Morgan fingerprint density at radius 3 is 1.79 bits per heavy atom. The predicted octanol–water partition coefficient (Wildman–Crippen LogP) is 1.53. The van der Waals surface area contributed by atoms with Crippen LogP contribution < -0.4 is 22.3 Å². The molecule has 0 atom stereocenters. The number of hydrogen-bond acceptors (Lipinski definition) is 5. The number of aryl methyl sites for hydroxylation is 2. The van der Waals surface area contributed by atoms with Gasteiger partial charge in [-0.15, -0.1) is 5.10 Å². The van der Waals surface area contributed by atoms with Crippen molar-refractivity contribution in [1.29, 1.82) is 0 Å². The van der Waals surface area contributed by atoms with E-state index in [1.54, 1.807) is 13.8 Å². The lowest BCUT2D eigenvalue weighted by Crippen LogP contribution is -2.27. The lowest BCUT2D eigenvalue weighted by Gasteiger charge is -1.99. The van der Waals surface area contributed by atoms with Crippen molar-refractivity contribution in [3.05, 3.63) is 104 Å². The number of nitrogens with two attached hydrogens (primary N) is 1. The van der Waals surface area contributed by atoms with Crippen molar-refractivity contribution < 1.29 is 0 Å². The second-order valence-electron chi connectivity index (χ2n) is 7.35. The lowest BCUT2D eigenvalue weighted by molar-refractivity contribution is 0.835. The standard InChI is InChI=1S/C23H23N9O2/c1-15-19(21(33)31(29-15)17-9-5-3-6-10-17)13-25-27-23(24)28-26-14-20-16(2)30-32(22(20)34)18-11-7-4-8-12-18/h3-14,29-30H,1-2H3,(H3,24,27,28)/b25-13+,26-14+. The summed E-state index contributed by atoms with van der Waals surface area (Å²) in [6, 6.07) is 18.4. The van der Waals surface area contributed by atoms with Crippen LogP contribution in [0.15, 0.2) is 85.6 Å². The summed E-state index contributed by atoms with van der Waals surface area (Å²) in [6.07, 6.45) is 2.68. The average molecular weight is 457 g/mol. The topological polar surface area (TPSA) is 151 Å². The number of H-pyrrole nitrogens is 2. The largest absolute Gasteiger partial charge is 0.367 e. The molecule has 4 rings (SSSR count). The van der Waals surface area contributed by atoms with Crippen LogP contribution in [0, 0.1) is 13.8 Å². The van der Waals surface area contributed by atoms with Gasteiger partial charge in [0.05, 0.1) is 34.9 Å². The maximum atomic E-state index is 12.7.